The van der Waals surface area contributed by atoms with Gasteiger partial charge in [0.2, 0.25) is 0 Å². The van der Waals surface area contributed by atoms with Crippen LogP contribution in [0.15, 0.2) is 35.3 Å². The molecule has 0 atom stereocenters. The molecule has 0 saturated heterocycles. The molecule has 2 aromatic rings. The van der Waals surface area contributed by atoms with E-state index < -0.39 is 0 Å². The van der Waals surface area contributed by atoms with E-state index >= 15 is 0 Å². The fourth-order valence-corrected chi connectivity index (χ4v) is 2.02. The highest BCUT2D eigenvalue weighted by Gasteiger charge is 2.06. The second-order valence-electron chi connectivity index (χ2n) is 4.65. The zero-order chi connectivity index (χ0) is 14.7. The monoisotopic (exact) mass is 270 g/mol. The number of halogens is 1. The Balaban J connectivity index is 2.47. The lowest BCUT2D eigenvalue weighted by Crippen LogP contribution is -2.01. The highest BCUT2D eigenvalue weighted by atomic mass is 19.1. The molecule has 4 heteroatoms. The van der Waals surface area contributed by atoms with Crippen LogP contribution in [0.25, 0.3) is 0 Å². The SMILES string of the molecule is CC(=Nc1c(C)cc(F)cc1C)c1cccc(C=O)n1. The van der Waals surface area contributed by atoms with Gasteiger partial charge < -0.3 is 0 Å². The molecular formula is C16H15FN2O. The topological polar surface area (TPSA) is 42.3 Å². The smallest absolute Gasteiger partial charge is 0.168 e. The minimum atomic E-state index is -0.266. The third kappa shape index (κ3) is 2.96. The van der Waals surface area contributed by atoms with Crippen molar-refractivity contribution >= 4 is 17.7 Å². The van der Waals surface area contributed by atoms with Crippen LogP contribution < -0.4 is 0 Å². The van der Waals surface area contributed by atoms with Gasteiger partial charge in [-0.15, -0.1) is 0 Å². The summed E-state index contributed by atoms with van der Waals surface area (Å²) in [5.41, 5.74) is 3.97. The van der Waals surface area contributed by atoms with Crippen molar-refractivity contribution in [2.24, 2.45) is 4.99 Å². The maximum atomic E-state index is 13.3. The van der Waals surface area contributed by atoms with Crippen molar-refractivity contribution in [2.45, 2.75) is 20.8 Å². The minimum Gasteiger partial charge on any atom is -0.296 e. The first-order chi connectivity index (χ1) is 9.51. The van der Waals surface area contributed by atoms with Gasteiger partial charge in [-0.1, -0.05) is 6.07 Å². The number of rotatable bonds is 3. The van der Waals surface area contributed by atoms with Crippen molar-refractivity contribution in [3.63, 3.8) is 0 Å². The van der Waals surface area contributed by atoms with Gasteiger partial charge in [-0.05, 0) is 56.2 Å². The minimum absolute atomic E-state index is 0.266. The summed E-state index contributed by atoms with van der Waals surface area (Å²) in [5, 5.41) is 0. The average molecular weight is 270 g/mol. The van der Waals surface area contributed by atoms with Crippen LogP contribution in [0.4, 0.5) is 10.1 Å². The molecule has 0 bridgehead atoms. The van der Waals surface area contributed by atoms with Crippen LogP contribution in [0.2, 0.25) is 0 Å². The van der Waals surface area contributed by atoms with Gasteiger partial charge in [0, 0.05) is 0 Å². The molecule has 0 unspecified atom stereocenters. The summed E-state index contributed by atoms with van der Waals surface area (Å²) in [6, 6.07) is 8.09. The number of hydrogen-bond acceptors (Lipinski definition) is 3. The first-order valence-electron chi connectivity index (χ1n) is 6.26. The number of carbonyl (C=O) groups is 1. The Kier molecular flexibility index (Phi) is 4.03. The van der Waals surface area contributed by atoms with Gasteiger partial charge in [0.05, 0.1) is 17.1 Å². The van der Waals surface area contributed by atoms with Crippen molar-refractivity contribution < 1.29 is 9.18 Å². The number of pyridine rings is 1. The maximum absolute atomic E-state index is 13.3. The summed E-state index contributed by atoms with van der Waals surface area (Å²) in [4.78, 5) is 19.4. The predicted octanol–water partition coefficient (Wildman–Crippen LogP) is 3.79. The quantitative estimate of drug-likeness (QED) is 0.629. The zero-order valence-corrected chi connectivity index (χ0v) is 11.6. The normalized spacial score (nSPS) is 11.5. The standard InChI is InChI=1S/C16H15FN2O/c1-10-7-13(17)8-11(2)16(10)18-12(3)15-6-4-5-14(9-20)19-15/h4-9H,1-3H3. The van der Waals surface area contributed by atoms with E-state index in [4.69, 9.17) is 0 Å². The van der Waals surface area contributed by atoms with E-state index in [0.717, 1.165) is 16.8 Å². The molecule has 2 rings (SSSR count). The molecule has 1 aromatic carbocycles. The second kappa shape index (κ2) is 5.74. The Morgan fingerprint density at radius 2 is 1.90 bits per heavy atom. The molecule has 0 fully saturated rings. The number of benzene rings is 1. The summed E-state index contributed by atoms with van der Waals surface area (Å²) in [6.07, 6.45) is 0.700. The van der Waals surface area contributed by atoms with Crippen molar-refractivity contribution in [2.75, 3.05) is 0 Å². The Morgan fingerprint density at radius 3 is 2.50 bits per heavy atom. The molecule has 0 saturated carbocycles. The van der Waals surface area contributed by atoms with Gasteiger partial charge in [0.25, 0.3) is 0 Å². The molecule has 0 spiro atoms. The summed E-state index contributed by atoms with van der Waals surface area (Å²) in [5.74, 6) is -0.266. The molecule has 0 amide bonds. The first-order valence-corrected chi connectivity index (χ1v) is 6.26. The highest BCUT2D eigenvalue weighted by Crippen LogP contribution is 2.25. The van der Waals surface area contributed by atoms with Crippen LogP contribution in [0.1, 0.15) is 34.2 Å². The predicted molar refractivity (Wildman–Crippen MR) is 77.4 cm³/mol. The molecular weight excluding hydrogens is 255 g/mol. The van der Waals surface area contributed by atoms with Crippen molar-refractivity contribution in [1.82, 2.24) is 4.98 Å². The number of aromatic nitrogens is 1. The molecule has 0 N–H and O–H groups in total. The van der Waals surface area contributed by atoms with Crippen LogP contribution >= 0.6 is 0 Å². The number of hydrogen-bond donors (Lipinski definition) is 0. The molecule has 1 aromatic heterocycles. The van der Waals surface area contributed by atoms with Gasteiger partial charge in [-0.3, -0.25) is 9.79 Å². The van der Waals surface area contributed by atoms with E-state index in [0.29, 0.717) is 23.4 Å². The van der Waals surface area contributed by atoms with E-state index in [1.54, 1.807) is 18.2 Å². The van der Waals surface area contributed by atoms with E-state index in [-0.39, 0.29) is 5.82 Å². The summed E-state index contributed by atoms with van der Waals surface area (Å²) >= 11 is 0. The molecule has 0 aliphatic rings. The molecule has 3 nitrogen and oxygen atoms in total. The van der Waals surface area contributed by atoms with Gasteiger partial charge in [-0.2, -0.15) is 0 Å². The van der Waals surface area contributed by atoms with Crippen molar-refractivity contribution in [3.05, 3.63) is 58.7 Å². The summed E-state index contributed by atoms with van der Waals surface area (Å²) < 4.78 is 13.3. The zero-order valence-electron chi connectivity index (χ0n) is 11.6. The van der Waals surface area contributed by atoms with Crippen LogP contribution in [0, 0.1) is 19.7 Å². The fraction of sp³-hybridized carbons (Fsp3) is 0.188. The van der Waals surface area contributed by atoms with E-state index in [2.05, 4.69) is 9.98 Å². The largest absolute Gasteiger partial charge is 0.296 e. The Morgan fingerprint density at radius 1 is 1.25 bits per heavy atom. The fourth-order valence-electron chi connectivity index (χ4n) is 2.02. The maximum Gasteiger partial charge on any atom is 0.168 e. The van der Waals surface area contributed by atoms with Gasteiger partial charge in [0.15, 0.2) is 6.29 Å². The number of aryl methyl sites for hydroxylation is 2. The van der Waals surface area contributed by atoms with Crippen LogP contribution in [-0.2, 0) is 0 Å². The summed E-state index contributed by atoms with van der Waals surface area (Å²) in [6.45, 7) is 5.45. The molecule has 102 valence electrons. The first kappa shape index (κ1) is 14.1. The van der Waals surface area contributed by atoms with Crippen LogP contribution in [0.3, 0.4) is 0 Å². The lowest BCUT2D eigenvalue weighted by molar-refractivity contribution is 0.111. The van der Waals surface area contributed by atoms with Crippen LogP contribution in [0.5, 0.6) is 0 Å². The third-order valence-corrected chi connectivity index (χ3v) is 3.00. The Bertz CT molecular complexity index is 670. The van der Waals surface area contributed by atoms with E-state index in [9.17, 15) is 9.18 Å². The Hall–Kier alpha value is -2.36. The lowest BCUT2D eigenvalue weighted by Gasteiger charge is -2.07. The van der Waals surface area contributed by atoms with E-state index in [1.807, 2.05) is 20.8 Å². The number of nitrogens with zero attached hydrogens (tertiary/aromatic N) is 2. The van der Waals surface area contributed by atoms with Crippen molar-refractivity contribution in [1.29, 1.82) is 0 Å². The van der Waals surface area contributed by atoms with Crippen LogP contribution in [-0.4, -0.2) is 17.0 Å². The highest BCUT2D eigenvalue weighted by molar-refractivity contribution is 5.99. The van der Waals surface area contributed by atoms with Crippen molar-refractivity contribution in [3.8, 4) is 0 Å². The molecule has 0 radical (unpaired) electrons. The Labute approximate surface area is 117 Å². The second-order valence-corrected chi connectivity index (χ2v) is 4.65. The van der Waals surface area contributed by atoms with Gasteiger partial charge in [-0.25, -0.2) is 9.37 Å². The van der Waals surface area contributed by atoms with Gasteiger partial charge >= 0.3 is 0 Å². The third-order valence-electron chi connectivity index (χ3n) is 3.00. The molecule has 20 heavy (non-hydrogen) atoms. The van der Waals surface area contributed by atoms with E-state index in [1.165, 1.54) is 12.1 Å². The number of aliphatic imine (C=N–C) groups is 1. The molecule has 0 aliphatic carbocycles. The van der Waals surface area contributed by atoms with Gasteiger partial charge in [0.1, 0.15) is 11.5 Å². The number of aldehydes is 1. The lowest BCUT2D eigenvalue weighted by atomic mass is 10.1. The molecule has 1 heterocycles. The average Bonchev–Trinajstić information content (AvgIpc) is 2.42. The summed E-state index contributed by atoms with van der Waals surface area (Å²) in [7, 11) is 0. The molecule has 0 aliphatic heterocycles. The number of carbonyl (C=O) groups excluding carboxylic acids is 1.